The summed E-state index contributed by atoms with van der Waals surface area (Å²) in [5.41, 5.74) is -0.683. The Morgan fingerprint density at radius 1 is 1.10 bits per heavy atom. The van der Waals surface area contributed by atoms with Gasteiger partial charge in [0.25, 0.3) is 5.56 Å². The Morgan fingerprint density at radius 3 is 2.35 bits per heavy atom. The summed E-state index contributed by atoms with van der Waals surface area (Å²) in [6.07, 6.45) is -1.64. The molecule has 0 saturated heterocycles. The van der Waals surface area contributed by atoms with Crippen molar-refractivity contribution in [3.8, 4) is 11.5 Å². The van der Waals surface area contributed by atoms with Crippen molar-refractivity contribution in [2.75, 3.05) is 25.6 Å². The number of imidazole rings is 1. The van der Waals surface area contributed by atoms with Crippen LogP contribution in [0.5, 0.6) is 11.5 Å². The number of nitrogens with one attached hydrogen (secondary N) is 1. The van der Waals surface area contributed by atoms with Crippen molar-refractivity contribution >= 4 is 17.1 Å². The number of methoxy groups -OCH3 is 1. The van der Waals surface area contributed by atoms with Crippen LogP contribution in [-0.2, 0) is 20.6 Å². The summed E-state index contributed by atoms with van der Waals surface area (Å²) in [4.78, 5) is 29.4. The zero-order valence-electron chi connectivity index (χ0n) is 17.9. The van der Waals surface area contributed by atoms with E-state index in [4.69, 9.17) is 9.47 Å². The highest BCUT2D eigenvalue weighted by Gasteiger charge is 2.21. The number of rotatable bonds is 9. The summed E-state index contributed by atoms with van der Waals surface area (Å²) in [5, 5.41) is 23.1. The molecule has 31 heavy (non-hydrogen) atoms. The van der Waals surface area contributed by atoms with Gasteiger partial charge >= 0.3 is 5.69 Å². The van der Waals surface area contributed by atoms with Gasteiger partial charge in [-0.1, -0.05) is 0 Å². The molecule has 0 radical (unpaired) electrons. The van der Waals surface area contributed by atoms with Crippen LogP contribution in [0.4, 0.5) is 5.95 Å². The standard InChI is InChI=1S/C20H27N5O6/c1-12(26)9-21-19-22-17-16(18(28)24(3)20(29)23(17)2)25(19)10-13(27)11-31-15-7-5-14(30-4)6-8-15/h5-8,12-13,26-27H,9-11H2,1-4H3,(H,21,22)/t12-,13-/m1/s1. The smallest absolute Gasteiger partial charge is 0.332 e. The van der Waals surface area contributed by atoms with Crippen LogP contribution in [0.3, 0.4) is 0 Å². The van der Waals surface area contributed by atoms with E-state index in [2.05, 4.69) is 10.3 Å². The highest BCUT2D eigenvalue weighted by Crippen LogP contribution is 2.19. The van der Waals surface area contributed by atoms with Crippen LogP contribution in [-0.4, -0.2) is 61.4 Å². The minimum absolute atomic E-state index is 0.0117. The number of aryl methyl sites for hydroxylation is 1. The summed E-state index contributed by atoms with van der Waals surface area (Å²) in [6.45, 7) is 1.73. The molecule has 1 aromatic carbocycles. The molecule has 2 atom stereocenters. The van der Waals surface area contributed by atoms with E-state index in [0.29, 0.717) is 11.5 Å². The summed E-state index contributed by atoms with van der Waals surface area (Å²) in [5.74, 6) is 1.51. The van der Waals surface area contributed by atoms with Crippen LogP contribution in [0.2, 0.25) is 0 Å². The molecule has 0 spiro atoms. The number of hydrogen-bond donors (Lipinski definition) is 3. The van der Waals surface area contributed by atoms with E-state index in [1.165, 1.54) is 23.2 Å². The average molecular weight is 433 g/mol. The zero-order valence-corrected chi connectivity index (χ0v) is 17.9. The molecule has 0 amide bonds. The van der Waals surface area contributed by atoms with Gasteiger partial charge in [-0.3, -0.25) is 13.9 Å². The van der Waals surface area contributed by atoms with E-state index in [0.717, 1.165) is 4.57 Å². The fourth-order valence-electron chi connectivity index (χ4n) is 3.13. The van der Waals surface area contributed by atoms with Gasteiger partial charge in [0.05, 0.1) is 19.8 Å². The molecule has 0 unspecified atom stereocenters. The van der Waals surface area contributed by atoms with Gasteiger partial charge in [0.2, 0.25) is 5.95 Å². The molecule has 0 aliphatic rings. The fraction of sp³-hybridized carbons (Fsp3) is 0.450. The second-order valence-electron chi connectivity index (χ2n) is 7.29. The van der Waals surface area contributed by atoms with Crippen molar-refractivity contribution in [1.82, 2.24) is 18.7 Å². The van der Waals surface area contributed by atoms with E-state index in [1.807, 2.05) is 0 Å². The zero-order chi connectivity index (χ0) is 22.7. The minimum atomic E-state index is -0.978. The monoisotopic (exact) mass is 433 g/mol. The van der Waals surface area contributed by atoms with Gasteiger partial charge in [-0.2, -0.15) is 4.98 Å². The van der Waals surface area contributed by atoms with Gasteiger partial charge in [0.15, 0.2) is 11.2 Å². The SMILES string of the molecule is COc1ccc(OC[C@H](O)Cn2c(NC[C@@H](C)O)nc3c2c(=O)n(C)c(=O)n3C)cc1. The number of hydrogen-bond acceptors (Lipinski definition) is 8. The van der Waals surface area contributed by atoms with E-state index in [9.17, 15) is 19.8 Å². The molecule has 3 aromatic rings. The highest BCUT2D eigenvalue weighted by atomic mass is 16.5. The lowest BCUT2D eigenvalue weighted by atomic mass is 10.3. The summed E-state index contributed by atoms with van der Waals surface area (Å²) < 4.78 is 14.5. The molecule has 0 saturated carbocycles. The normalized spacial score (nSPS) is 13.2. The van der Waals surface area contributed by atoms with Gasteiger partial charge in [-0.15, -0.1) is 0 Å². The summed E-state index contributed by atoms with van der Waals surface area (Å²) >= 11 is 0. The minimum Gasteiger partial charge on any atom is -0.497 e. The Hall–Kier alpha value is -3.31. The first-order chi connectivity index (χ1) is 14.7. The summed E-state index contributed by atoms with van der Waals surface area (Å²) in [6, 6.07) is 6.93. The number of nitrogens with zero attached hydrogens (tertiary/aromatic N) is 4. The number of fused-ring (bicyclic) bond motifs is 1. The quantitative estimate of drug-likeness (QED) is 0.418. The molecular weight excluding hydrogens is 406 g/mol. The third kappa shape index (κ3) is 4.72. The van der Waals surface area contributed by atoms with E-state index in [1.54, 1.807) is 38.3 Å². The lowest BCUT2D eigenvalue weighted by Crippen LogP contribution is -2.38. The van der Waals surface area contributed by atoms with Gasteiger partial charge in [-0.25, -0.2) is 4.79 Å². The molecule has 3 N–H and O–H groups in total. The van der Waals surface area contributed by atoms with Crippen molar-refractivity contribution in [3.63, 3.8) is 0 Å². The van der Waals surface area contributed by atoms with Crippen LogP contribution in [0.25, 0.3) is 11.2 Å². The Morgan fingerprint density at radius 2 is 1.74 bits per heavy atom. The predicted octanol–water partition coefficient (Wildman–Crippen LogP) is -0.325. The van der Waals surface area contributed by atoms with Crippen molar-refractivity contribution in [3.05, 3.63) is 45.1 Å². The predicted molar refractivity (Wildman–Crippen MR) is 115 cm³/mol. The third-order valence-corrected chi connectivity index (χ3v) is 4.80. The second kappa shape index (κ2) is 9.23. The molecule has 3 rings (SSSR count). The topological polar surface area (TPSA) is 133 Å². The van der Waals surface area contributed by atoms with E-state index < -0.39 is 23.5 Å². The van der Waals surface area contributed by atoms with Crippen molar-refractivity contribution in [2.45, 2.75) is 25.7 Å². The number of benzene rings is 1. The molecule has 168 valence electrons. The molecule has 11 nitrogen and oxygen atoms in total. The molecule has 0 bridgehead atoms. The van der Waals surface area contributed by atoms with E-state index >= 15 is 0 Å². The Labute approximate surface area is 178 Å². The number of aliphatic hydroxyl groups excluding tert-OH is 2. The average Bonchev–Trinajstić information content (AvgIpc) is 3.11. The molecule has 0 aliphatic heterocycles. The maximum Gasteiger partial charge on any atom is 0.332 e. The van der Waals surface area contributed by atoms with Crippen molar-refractivity contribution in [1.29, 1.82) is 0 Å². The number of aromatic nitrogens is 4. The Balaban J connectivity index is 1.90. The van der Waals surface area contributed by atoms with E-state index in [-0.39, 0.29) is 36.8 Å². The number of ether oxygens (including phenoxy) is 2. The maximum absolute atomic E-state index is 12.8. The van der Waals surface area contributed by atoms with Crippen molar-refractivity contribution in [2.24, 2.45) is 14.1 Å². The lowest BCUT2D eigenvalue weighted by molar-refractivity contribution is 0.0937. The molecule has 2 aromatic heterocycles. The first kappa shape index (κ1) is 22.4. The Kier molecular flexibility index (Phi) is 6.66. The number of anilines is 1. The van der Waals surface area contributed by atoms with Crippen LogP contribution < -0.4 is 26.0 Å². The largest absolute Gasteiger partial charge is 0.497 e. The van der Waals surface area contributed by atoms with Gasteiger partial charge in [-0.05, 0) is 31.2 Å². The first-order valence-electron chi connectivity index (χ1n) is 9.76. The second-order valence-corrected chi connectivity index (χ2v) is 7.29. The highest BCUT2D eigenvalue weighted by molar-refractivity contribution is 5.74. The maximum atomic E-state index is 12.8. The molecule has 0 fully saturated rings. The van der Waals surface area contributed by atoms with Gasteiger partial charge < -0.3 is 29.6 Å². The van der Waals surface area contributed by atoms with Crippen LogP contribution in [0, 0.1) is 0 Å². The van der Waals surface area contributed by atoms with Crippen molar-refractivity contribution < 1.29 is 19.7 Å². The van der Waals surface area contributed by atoms with Crippen LogP contribution in [0.1, 0.15) is 6.92 Å². The Bertz CT molecular complexity index is 1160. The fourth-order valence-corrected chi connectivity index (χ4v) is 3.13. The molecule has 11 heteroatoms. The molecular formula is C20H27N5O6. The number of aliphatic hydroxyl groups is 2. The van der Waals surface area contributed by atoms with Gasteiger partial charge in [0, 0.05) is 20.6 Å². The molecule has 0 aliphatic carbocycles. The lowest BCUT2D eigenvalue weighted by Gasteiger charge is -2.16. The summed E-state index contributed by atoms with van der Waals surface area (Å²) in [7, 11) is 4.47. The van der Waals surface area contributed by atoms with Gasteiger partial charge in [0.1, 0.15) is 24.2 Å². The van der Waals surface area contributed by atoms with Crippen LogP contribution >= 0.6 is 0 Å². The third-order valence-electron chi connectivity index (χ3n) is 4.80. The molecule has 2 heterocycles. The van der Waals surface area contributed by atoms with Crippen LogP contribution in [0.15, 0.2) is 33.9 Å². The first-order valence-corrected chi connectivity index (χ1v) is 9.76.